The van der Waals surface area contributed by atoms with E-state index in [1.165, 1.54) is 12.1 Å². The lowest BCUT2D eigenvalue weighted by atomic mass is 10.0. The lowest BCUT2D eigenvalue weighted by Crippen LogP contribution is -2.12. The molecule has 0 spiro atoms. The molecule has 6 heteroatoms. The van der Waals surface area contributed by atoms with Crippen LogP contribution < -0.4 is 9.80 Å². The van der Waals surface area contributed by atoms with E-state index in [0.717, 1.165) is 33.9 Å². The van der Waals surface area contributed by atoms with E-state index in [1.807, 2.05) is 65.6 Å². The van der Waals surface area contributed by atoms with Crippen LogP contribution in [0.5, 0.6) is 0 Å². The number of hydrogen-bond acceptors (Lipinski definition) is 4. The predicted octanol–water partition coefficient (Wildman–Crippen LogP) is 9.69. The van der Waals surface area contributed by atoms with Crippen molar-refractivity contribution in [3.63, 3.8) is 0 Å². The summed E-state index contributed by atoms with van der Waals surface area (Å²) >= 11 is 0. The van der Waals surface area contributed by atoms with Crippen LogP contribution >= 0.6 is 0 Å². The van der Waals surface area contributed by atoms with Gasteiger partial charge in [0.2, 0.25) is 0 Å². The molecule has 0 atom stereocenters. The van der Waals surface area contributed by atoms with Crippen molar-refractivity contribution < 1.29 is 19.8 Å². The fourth-order valence-corrected chi connectivity index (χ4v) is 5.21. The Labute approximate surface area is 255 Å². The summed E-state index contributed by atoms with van der Waals surface area (Å²) in [6, 6.07) is 49.9. The van der Waals surface area contributed by atoms with E-state index in [-0.39, 0.29) is 11.1 Å². The summed E-state index contributed by atoms with van der Waals surface area (Å²) in [6.45, 7) is 0. The van der Waals surface area contributed by atoms with Crippen molar-refractivity contribution in [3.05, 3.63) is 169 Å². The zero-order chi connectivity index (χ0) is 30.5. The van der Waals surface area contributed by atoms with Crippen LogP contribution in [-0.2, 0) is 0 Å². The van der Waals surface area contributed by atoms with Crippen LogP contribution in [0.25, 0.3) is 11.1 Å². The van der Waals surface area contributed by atoms with Gasteiger partial charge in [-0.1, -0.05) is 72.8 Å². The molecule has 0 aliphatic rings. The number of carboxylic acids is 2. The first-order valence-electron chi connectivity index (χ1n) is 14.1. The first-order valence-corrected chi connectivity index (χ1v) is 14.1. The molecule has 6 aromatic carbocycles. The smallest absolute Gasteiger partial charge is 0.335 e. The van der Waals surface area contributed by atoms with Crippen LogP contribution in [0.4, 0.5) is 34.1 Å². The molecule has 0 saturated heterocycles. The maximum absolute atomic E-state index is 11.7. The number of aromatic carboxylic acids is 2. The van der Waals surface area contributed by atoms with Crippen LogP contribution in [0.3, 0.4) is 0 Å². The van der Waals surface area contributed by atoms with Gasteiger partial charge in [0, 0.05) is 34.1 Å². The number of anilines is 6. The van der Waals surface area contributed by atoms with Crippen LogP contribution in [0.15, 0.2) is 158 Å². The largest absolute Gasteiger partial charge is 0.478 e. The molecule has 0 bridgehead atoms. The van der Waals surface area contributed by atoms with Crippen LogP contribution in [-0.4, -0.2) is 22.2 Å². The van der Waals surface area contributed by atoms with Gasteiger partial charge in [0.1, 0.15) is 0 Å². The number of benzene rings is 6. The second-order valence-corrected chi connectivity index (χ2v) is 10.1. The van der Waals surface area contributed by atoms with E-state index in [9.17, 15) is 19.8 Å². The Morgan fingerprint density at radius 2 is 0.682 bits per heavy atom. The van der Waals surface area contributed by atoms with Crippen molar-refractivity contribution in [1.29, 1.82) is 0 Å². The van der Waals surface area contributed by atoms with E-state index < -0.39 is 11.9 Å². The quantitative estimate of drug-likeness (QED) is 0.178. The Bertz CT molecular complexity index is 1810. The average molecular weight is 577 g/mol. The predicted molar refractivity (Wildman–Crippen MR) is 175 cm³/mol. The minimum Gasteiger partial charge on any atom is -0.478 e. The molecule has 0 aromatic heterocycles. The van der Waals surface area contributed by atoms with Crippen LogP contribution in [0, 0.1) is 0 Å². The summed E-state index contributed by atoms with van der Waals surface area (Å²) in [5.41, 5.74) is 7.44. The molecule has 44 heavy (non-hydrogen) atoms. The maximum atomic E-state index is 11.7. The molecule has 0 amide bonds. The van der Waals surface area contributed by atoms with Gasteiger partial charge in [0.05, 0.1) is 11.1 Å². The lowest BCUT2D eigenvalue weighted by Gasteiger charge is -2.26. The molecule has 0 saturated carbocycles. The molecule has 6 aromatic rings. The number of carboxylic acid groups (broad SMARTS) is 2. The van der Waals surface area contributed by atoms with Gasteiger partial charge in [0.25, 0.3) is 0 Å². The van der Waals surface area contributed by atoms with Crippen molar-refractivity contribution >= 4 is 46.1 Å². The highest BCUT2D eigenvalue weighted by atomic mass is 16.4. The van der Waals surface area contributed by atoms with Gasteiger partial charge in [-0.15, -0.1) is 0 Å². The van der Waals surface area contributed by atoms with Crippen LogP contribution in [0.1, 0.15) is 20.7 Å². The standard InChI is InChI=1S/C38H28N2O4/c41-37(42)29-9-7-15-35(25-29)40(36-16-8-10-30(26-36)38(43)44)34-23-19-28(20-24-34)27-17-21-33(22-18-27)39(31-11-3-1-4-12-31)32-13-5-2-6-14-32/h1-26H,(H,41,42)(H,43,44). The minimum absolute atomic E-state index is 0.138. The first kappa shape index (κ1) is 28.0. The van der Waals surface area contributed by atoms with Gasteiger partial charge in [0.15, 0.2) is 0 Å². The number of rotatable bonds is 9. The molecular weight excluding hydrogens is 548 g/mol. The summed E-state index contributed by atoms with van der Waals surface area (Å²) in [6.07, 6.45) is 0. The van der Waals surface area contributed by atoms with E-state index in [0.29, 0.717) is 11.4 Å². The Morgan fingerprint density at radius 3 is 1.05 bits per heavy atom. The molecular formula is C38H28N2O4. The maximum Gasteiger partial charge on any atom is 0.335 e. The summed E-state index contributed by atoms with van der Waals surface area (Å²) in [5, 5.41) is 19.2. The molecule has 0 fully saturated rings. The third kappa shape index (κ3) is 5.91. The molecule has 0 radical (unpaired) electrons. The van der Waals surface area contributed by atoms with E-state index in [1.54, 1.807) is 36.4 Å². The highest BCUT2D eigenvalue weighted by Crippen LogP contribution is 2.38. The Morgan fingerprint density at radius 1 is 0.364 bits per heavy atom. The Hall–Kier alpha value is -6.14. The Kier molecular flexibility index (Phi) is 7.88. The van der Waals surface area contributed by atoms with Gasteiger partial charge < -0.3 is 20.0 Å². The van der Waals surface area contributed by atoms with Crippen LogP contribution in [0.2, 0.25) is 0 Å². The second kappa shape index (κ2) is 12.4. The number of nitrogens with zero attached hydrogens (tertiary/aromatic N) is 2. The summed E-state index contributed by atoms with van der Waals surface area (Å²) in [7, 11) is 0. The highest BCUT2D eigenvalue weighted by Gasteiger charge is 2.17. The molecule has 0 heterocycles. The van der Waals surface area contributed by atoms with E-state index in [4.69, 9.17) is 0 Å². The fraction of sp³-hybridized carbons (Fsp3) is 0. The van der Waals surface area contributed by atoms with Crippen molar-refractivity contribution in [2.45, 2.75) is 0 Å². The zero-order valence-electron chi connectivity index (χ0n) is 23.6. The van der Waals surface area contributed by atoms with Gasteiger partial charge >= 0.3 is 11.9 Å². The molecule has 6 nitrogen and oxygen atoms in total. The monoisotopic (exact) mass is 576 g/mol. The fourth-order valence-electron chi connectivity index (χ4n) is 5.21. The van der Waals surface area contributed by atoms with Crippen molar-refractivity contribution in [3.8, 4) is 11.1 Å². The van der Waals surface area contributed by atoms with Gasteiger partial charge in [-0.3, -0.25) is 0 Å². The van der Waals surface area contributed by atoms with Gasteiger partial charge in [-0.25, -0.2) is 9.59 Å². The van der Waals surface area contributed by atoms with Gasteiger partial charge in [-0.2, -0.15) is 0 Å². The average Bonchev–Trinajstić information content (AvgIpc) is 3.07. The van der Waals surface area contributed by atoms with E-state index in [2.05, 4.69) is 53.4 Å². The normalized spacial score (nSPS) is 10.6. The highest BCUT2D eigenvalue weighted by molar-refractivity contribution is 5.92. The SMILES string of the molecule is O=C(O)c1cccc(N(c2ccc(-c3ccc(N(c4ccccc4)c4ccccc4)cc3)cc2)c2cccc(C(=O)O)c2)c1. The lowest BCUT2D eigenvalue weighted by molar-refractivity contribution is 0.0686. The molecule has 6 rings (SSSR count). The van der Waals surface area contributed by atoms with Crippen molar-refractivity contribution in [1.82, 2.24) is 0 Å². The molecule has 0 aliphatic heterocycles. The molecule has 214 valence electrons. The topological polar surface area (TPSA) is 81.1 Å². The number of para-hydroxylation sites is 2. The van der Waals surface area contributed by atoms with Gasteiger partial charge in [-0.05, 0) is 96.1 Å². The Balaban J connectivity index is 1.35. The summed E-state index contributed by atoms with van der Waals surface area (Å²) in [4.78, 5) is 27.5. The van der Waals surface area contributed by atoms with Crippen molar-refractivity contribution in [2.24, 2.45) is 0 Å². The molecule has 0 aliphatic carbocycles. The summed E-state index contributed by atoms with van der Waals surface area (Å²) < 4.78 is 0. The third-order valence-corrected chi connectivity index (χ3v) is 7.32. The molecule has 0 unspecified atom stereocenters. The number of hydrogen-bond donors (Lipinski definition) is 2. The molecule has 2 N–H and O–H groups in total. The van der Waals surface area contributed by atoms with E-state index >= 15 is 0 Å². The third-order valence-electron chi connectivity index (χ3n) is 7.32. The summed E-state index contributed by atoms with van der Waals surface area (Å²) in [5.74, 6) is -2.08. The first-order chi connectivity index (χ1) is 21.5. The zero-order valence-corrected chi connectivity index (χ0v) is 23.6. The number of carbonyl (C=O) groups is 2. The minimum atomic E-state index is -1.04. The second-order valence-electron chi connectivity index (χ2n) is 10.1. The van der Waals surface area contributed by atoms with Crippen molar-refractivity contribution in [2.75, 3.05) is 9.80 Å².